The summed E-state index contributed by atoms with van der Waals surface area (Å²) in [7, 11) is 2.30. The Balaban J connectivity index is 1.64. The van der Waals surface area contributed by atoms with Crippen molar-refractivity contribution in [3.05, 3.63) is 53.6 Å². The van der Waals surface area contributed by atoms with Crippen molar-refractivity contribution in [2.75, 3.05) is 31.6 Å². The summed E-state index contributed by atoms with van der Waals surface area (Å²) in [6.45, 7) is 8.13. The van der Waals surface area contributed by atoms with Crippen molar-refractivity contribution >= 4 is 17.4 Å². The molecular formula is C22H28N2S. The Morgan fingerprint density at radius 3 is 2.68 bits per heavy atom. The van der Waals surface area contributed by atoms with E-state index >= 15 is 0 Å². The van der Waals surface area contributed by atoms with Gasteiger partial charge in [0.15, 0.2) is 0 Å². The fourth-order valence-electron chi connectivity index (χ4n) is 4.49. The highest BCUT2D eigenvalue weighted by Crippen LogP contribution is 2.49. The zero-order valence-electron chi connectivity index (χ0n) is 15.5. The van der Waals surface area contributed by atoms with Gasteiger partial charge in [-0.1, -0.05) is 48.5 Å². The fraction of sp³-hybridized carbons (Fsp3) is 0.455. The van der Waals surface area contributed by atoms with Crippen LogP contribution in [0.1, 0.15) is 36.8 Å². The van der Waals surface area contributed by atoms with E-state index < -0.39 is 0 Å². The minimum atomic E-state index is 0.666. The highest BCUT2D eigenvalue weighted by Gasteiger charge is 2.41. The van der Waals surface area contributed by atoms with Crippen LogP contribution in [0.2, 0.25) is 0 Å². The summed E-state index contributed by atoms with van der Waals surface area (Å²) in [5.74, 6) is 0.666. The third-order valence-corrected chi connectivity index (χ3v) is 6.79. The summed E-state index contributed by atoms with van der Waals surface area (Å²) in [5, 5.41) is 0. The zero-order chi connectivity index (χ0) is 17.4. The third-order valence-electron chi connectivity index (χ3n) is 5.73. The number of benzene rings is 2. The van der Waals surface area contributed by atoms with Crippen molar-refractivity contribution in [2.24, 2.45) is 0 Å². The lowest BCUT2D eigenvalue weighted by molar-refractivity contribution is 0.195. The van der Waals surface area contributed by atoms with Gasteiger partial charge in [-0.25, -0.2) is 0 Å². The quantitative estimate of drug-likeness (QED) is 0.750. The smallest absolute Gasteiger partial charge is 0.0544 e. The van der Waals surface area contributed by atoms with E-state index in [4.69, 9.17) is 0 Å². The van der Waals surface area contributed by atoms with Gasteiger partial charge in [0.2, 0.25) is 0 Å². The van der Waals surface area contributed by atoms with Crippen LogP contribution < -0.4 is 4.90 Å². The molecule has 0 unspecified atom stereocenters. The highest BCUT2D eigenvalue weighted by atomic mass is 32.2. The maximum absolute atomic E-state index is 2.66. The van der Waals surface area contributed by atoms with Crippen molar-refractivity contribution in [3.63, 3.8) is 0 Å². The molecule has 1 saturated heterocycles. The molecule has 2 atom stereocenters. The van der Waals surface area contributed by atoms with Gasteiger partial charge in [-0.15, -0.1) is 0 Å². The summed E-state index contributed by atoms with van der Waals surface area (Å²) < 4.78 is 0. The van der Waals surface area contributed by atoms with Gasteiger partial charge in [0, 0.05) is 41.9 Å². The number of nitrogens with zero attached hydrogens (tertiary/aromatic N) is 2. The first kappa shape index (κ1) is 17.0. The van der Waals surface area contributed by atoms with E-state index in [9.17, 15) is 0 Å². The van der Waals surface area contributed by atoms with E-state index in [2.05, 4.69) is 73.2 Å². The van der Waals surface area contributed by atoms with E-state index in [0.717, 1.165) is 0 Å². The Bertz CT molecular complexity index is 740. The van der Waals surface area contributed by atoms with Gasteiger partial charge in [-0.05, 0) is 50.1 Å². The molecule has 0 amide bonds. The van der Waals surface area contributed by atoms with Gasteiger partial charge >= 0.3 is 0 Å². The predicted octanol–water partition coefficient (Wildman–Crippen LogP) is 5.16. The number of fused-ring (bicyclic) bond motifs is 3. The van der Waals surface area contributed by atoms with Crippen molar-refractivity contribution in [1.29, 1.82) is 0 Å². The number of piperidine rings is 1. The minimum Gasteiger partial charge on any atom is -0.370 e. The molecule has 0 saturated carbocycles. The number of hydrogen-bond donors (Lipinski definition) is 0. The summed E-state index contributed by atoms with van der Waals surface area (Å²) in [6.07, 6.45) is 2.54. The first-order valence-electron chi connectivity index (χ1n) is 9.50. The first-order chi connectivity index (χ1) is 12.2. The van der Waals surface area contributed by atoms with Crippen LogP contribution >= 0.6 is 11.8 Å². The second kappa shape index (κ2) is 7.05. The summed E-state index contributed by atoms with van der Waals surface area (Å²) in [5.41, 5.74) is 4.36. The molecule has 0 spiro atoms. The van der Waals surface area contributed by atoms with Crippen LogP contribution in [0.4, 0.5) is 5.69 Å². The van der Waals surface area contributed by atoms with Crippen LogP contribution in [0.25, 0.3) is 0 Å². The molecule has 132 valence electrons. The highest BCUT2D eigenvalue weighted by molar-refractivity contribution is 7.99. The number of aryl methyl sites for hydroxylation is 1. The minimum absolute atomic E-state index is 0.666. The third kappa shape index (κ3) is 3.20. The molecule has 2 aromatic carbocycles. The lowest BCUT2D eigenvalue weighted by Crippen LogP contribution is -2.45. The van der Waals surface area contributed by atoms with Crippen LogP contribution in [-0.2, 0) is 0 Å². The molecule has 2 heterocycles. The van der Waals surface area contributed by atoms with Gasteiger partial charge in [0.25, 0.3) is 0 Å². The molecule has 25 heavy (non-hydrogen) atoms. The molecule has 2 aromatic rings. The van der Waals surface area contributed by atoms with Crippen molar-refractivity contribution in [3.8, 4) is 0 Å². The Morgan fingerprint density at radius 1 is 1.12 bits per heavy atom. The number of para-hydroxylation sites is 1. The van der Waals surface area contributed by atoms with Crippen LogP contribution in [-0.4, -0.2) is 37.6 Å². The average molecular weight is 353 g/mol. The molecule has 2 nitrogen and oxygen atoms in total. The molecule has 4 rings (SSSR count). The summed E-state index contributed by atoms with van der Waals surface area (Å²) in [6, 6.07) is 16.5. The van der Waals surface area contributed by atoms with Gasteiger partial charge in [0.05, 0.1) is 5.69 Å². The van der Waals surface area contributed by atoms with E-state index in [1.54, 1.807) is 5.56 Å². The van der Waals surface area contributed by atoms with Crippen LogP contribution in [0.15, 0.2) is 52.3 Å². The zero-order valence-corrected chi connectivity index (χ0v) is 16.4. The van der Waals surface area contributed by atoms with Crippen LogP contribution in [0.3, 0.4) is 0 Å². The SMILES string of the molecule is CCCN1CC[C@@H]2[C@@H](C1)c1cccc(Sc3ccc(C)cc3)c1N2C. The van der Waals surface area contributed by atoms with Crippen LogP contribution in [0, 0.1) is 6.92 Å². The Hall–Kier alpha value is -1.45. The fourth-order valence-corrected chi connectivity index (χ4v) is 5.52. The Labute approximate surface area is 156 Å². The normalized spacial score (nSPS) is 22.8. The average Bonchev–Trinajstić information content (AvgIpc) is 2.91. The lowest BCUT2D eigenvalue weighted by atomic mass is 9.89. The molecule has 0 bridgehead atoms. The predicted molar refractivity (Wildman–Crippen MR) is 108 cm³/mol. The van der Waals surface area contributed by atoms with Crippen molar-refractivity contribution in [1.82, 2.24) is 4.90 Å². The molecule has 1 fully saturated rings. The van der Waals surface area contributed by atoms with Gasteiger partial charge in [-0.2, -0.15) is 0 Å². The standard InChI is InChI=1S/C22H28N2S/c1-4-13-24-14-12-20-19(15-24)18-6-5-7-21(22(18)23(20)3)25-17-10-8-16(2)9-11-17/h5-11,19-20H,4,12-15H2,1-3H3/t19-,20+/m0/s1. The molecule has 2 aliphatic rings. The first-order valence-corrected chi connectivity index (χ1v) is 10.3. The maximum atomic E-state index is 2.66. The number of likely N-dealkylation sites (tertiary alicyclic amines) is 1. The van der Waals surface area contributed by atoms with E-state index in [-0.39, 0.29) is 0 Å². The van der Waals surface area contributed by atoms with Gasteiger partial charge in [0.1, 0.15) is 0 Å². The van der Waals surface area contributed by atoms with Crippen LogP contribution in [0.5, 0.6) is 0 Å². The molecule has 0 aromatic heterocycles. The lowest BCUT2D eigenvalue weighted by Gasteiger charge is -2.37. The topological polar surface area (TPSA) is 6.48 Å². The number of anilines is 1. The molecule has 2 aliphatic heterocycles. The maximum Gasteiger partial charge on any atom is 0.0544 e. The van der Waals surface area contributed by atoms with E-state index in [1.807, 2.05) is 11.8 Å². The number of rotatable bonds is 4. The second-order valence-electron chi connectivity index (χ2n) is 7.48. The van der Waals surface area contributed by atoms with Gasteiger partial charge < -0.3 is 9.80 Å². The van der Waals surface area contributed by atoms with Crippen molar-refractivity contribution < 1.29 is 0 Å². The summed E-state index contributed by atoms with van der Waals surface area (Å²) >= 11 is 1.91. The summed E-state index contributed by atoms with van der Waals surface area (Å²) in [4.78, 5) is 7.96. The van der Waals surface area contributed by atoms with E-state index in [1.165, 1.54) is 53.5 Å². The Kier molecular flexibility index (Phi) is 4.79. The largest absolute Gasteiger partial charge is 0.370 e. The second-order valence-corrected chi connectivity index (χ2v) is 8.60. The van der Waals surface area contributed by atoms with E-state index in [0.29, 0.717) is 12.0 Å². The molecule has 0 N–H and O–H groups in total. The number of likely N-dealkylation sites (N-methyl/N-ethyl adjacent to an activating group) is 1. The number of hydrogen-bond acceptors (Lipinski definition) is 3. The molecule has 3 heteroatoms. The molecule has 0 radical (unpaired) electrons. The van der Waals surface area contributed by atoms with Crippen molar-refractivity contribution in [2.45, 2.75) is 48.4 Å². The van der Waals surface area contributed by atoms with Gasteiger partial charge in [-0.3, -0.25) is 0 Å². The Morgan fingerprint density at radius 2 is 1.92 bits per heavy atom. The monoisotopic (exact) mass is 352 g/mol. The molecule has 0 aliphatic carbocycles. The molecular weight excluding hydrogens is 324 g/mol.